The number of esters is 1. The molecule has 0 bridgehead atoms. The van der Waals surface area contributed by atoms with Gasteiger partial charge < -0.3 is 19.7 Å². The smallest absolute Gasteiger partial charge is 0.311 e. The first kappa shape index (κ1) is 18.9. The number of aldehydes is 1. The van der Waals surface area contributed by atoms with Crippen LogP contribution in [0.2, 0.25) is 0 Å². The van der Waals surface area contributed by atoms with Crippen molar-refractivity contribution in [2.24, 2.45) is 5.92 Å². The lowest BCUT2D eigenvalue weighted by Gasteiger charge is -2.28. The molecule has 142 valence electrons. The molecule has 0 saturated heterocycles. The molecule has 1 aliphatic rings. The minimum Gasteiger partial charge on any atom is -0.507 e. The maximum Gasteiger partial charge on any atom is 0.311 e. The van der Waals surface area contributed by atoms with E-state index < -0.39 is 18.0 Å². The van der Waals surface area contributed by atoms with Gasteiger partial charge in [-0.05, 0) is 54.7 Å². The zero-order valence-electron chi connectivity index (χ0n) is 15.2. The van der Waals surface area contributed by atoms with Crippen LogP contribution in [-0.4, -0.2) is 29.6 Å². The number of benzene rings is 2. The first-order chi connectivity index (χ1) is 12.9. The maximum absolute atomic E-state index is 11.7. The fourth-order valence-electron chi connectivity index (χ4n) is 3.28. The van der Waals surface area contributed by atoms with Crippen molar-refractivity contribution in [2.75, 3.05) is 7.11 Å². The fourth-order valence-corrected chi connectivity index (χ4v) is 3.28. The second-order valence-electron chi connectivity index (χ2n) is 6.71. The zero-order chi connectivity index (χ0) is 19.6. The van der Waals surface area contributed by atoms with Gasteiger partial charge in [0.1, 0.15) is 17.6 Å². The number of aliphatic hydroxyl groups excluding tert-OH is 1. The summed E-state index contributed by atoms with van der Waals surface area (Å²) in [6.45, 7) is 1.61. The summed E-state index contributed by atoms with van der Waals surface area (Å²) >= 11 is 0. The summed E-state index contributed by atoms with van der Waals surface area (Å²) in [5.74, 6) is -0.600. The number of hydrogen-bond acceptors (Lipinski definition) is 6. The topological polar surface area (TPSA) is 93.1 Å². The molecule has 1 aliphatic heterocycles. The Hall–Kier alpha value is -2.86. The summed E-state index contributed by atoms with van der Waals surface area (Å²) in [6, 6.07) is 10.3. The number of ether oxygens (including phenoxy) is 2. The Morgan fingerprint density at radius 1 is 1.30 bits per heavy atom. The molecular formula is C21H22O6. The summed E-state index contributed by atoms with van der Waals surface area (Å²) < 4.78 is 10.8. The monoisotopic (exact) mass is 370 g/mol. The van der Waals surface area contributed by atoms with Gasteiger partial charge in [-0.2, -0.15) is 0 Å². The number of aliphatic hydroxyl groups is 1. The zero-order valence-corrected chi connectivity index (χ0v) is 15.2. The summed E-state index contributed by atoms with van der Waals surface area (Å²) in [5, 5.41) is 20.1. The molecule has 2 N–H and O–H groups in total. The van der Waals surface area contributed by atoms with Crippen molar-refractivity contribution in [1.82, 2.24) is 0 Å². The molecule has 0 radical (unpaired) electrons. The van der Waals surface area contributed by atoms with Crippen LogP contribution in [0.3, 0.4) is 0 Å². The number of phenolic OH excluding ortho intramolecular Hbond substituents is 1. The van der Waals surface area contributed by atoms with E-state index in [9.17, 15) is 19.8 Å². The third kappa shape index (κ3) is 3.80. The lowest BCUT2D eigenvalue weighted by molar-refractivity contribution is -0.148. The van der Waals surface area contributed by atoms with Crippen LogP contribution < -0.4 is 4.74 Å². The van der Waals surface area contributed by atoms with Gasteiger partial charge in [0, 0.05) is 0 Å². The maximum atomic E-state index is 11.7. The van der Waals surface area contributed by atoms with Gasteiger partial charge in [0.15, 0.2) is 6.29 Å². The second-order valence-corrected chi connectivity index (χ2v) is 6.71. The van der Waals surface area contributed by atoms with Crippen LogP contribution in [0, 0.1) is 5.92 Å². The molecule has 0 saturated carbocycles. The van der Waals surface area contributed by atoms with E-state index in [1.165, 1.54) is 13.2 Å². The van der Waals surface area contributed by atoms with Gasteiger partial charge in [0.25, 0.3) is 0 Å². The van der Waals surface area contributed by atoms with Gasteiger partial charge in [0.2, 0.25) is 0 Å². The average Bonchev–Trinajstić information content (AvgIpc) is 2.71. The van der Waals surface area contributed by atoms with Crippen molar-refractivity contribution in [3.05, 3.63) is 58.7 Å². The third-order valence-corrected chi connectivity index (χ3v) is 4.97. The summed E-state index contributed by atoms with van der Waals surface area (Å²) in [5.41, 5.74) is 2.61. The molecule has 3 atom stereocenters. The van der Waals surface area contributed by atoms with Crippen LogP contribution in [0.5, 0.6) is 11.5 Å². The number of methoxy groups -OCH3 is 1. The second kappa shape index (κ2) is 7.80. The Morgan fingerprint density at radius 2 is 2.07 bits per heavy atom. The molecule has 0 amide bonds. The number of phenols is 1. The number of carbonyl (C=O) groups is 2. The molecule has 0 spiro atoms. The van der Waals surface area contributed by atoms with Gasteiger partial charge in [0.05, 0.1) is 24.7 Å². The van der Waals surface area contributed by atoms with Crippen LogP contribution in [0.25, 0.3) is 0 Å². The predicted molar refractivity (Wildman–Crippen MR) is 97.8 cm³/mol. The lowest BCUT2D eigenvalue weighted by atomic mass is 9.92. The summed E-state index contributed by atoms with van der Waals surface area (Å²) in [4.78, 5) is 22.7. The molecule has 0 aliphatic carbocycles. The van der Waals surface area contributed by atoms with Crippen molar-refractivity contribution in [3.8, 4) is 11.5 Å². The first-order valence-corrected chi connectivity index (χ1v) is 8.78. The standard InChI is InChI=1S/C21H22O6/c1-12(21(25)26-2)20(24)15-4-3-13-6-8-18(27-19(13)10-15)14-5-7-17(23)16(9-14)11-22/h3-5,7,9-12,18,20,23-24H,6,8H2,1-2H3/t12-,18+,20+/m0/s1. The Labute approximate surface area is 157 Å². The minimum atomic E-state index is -0.998. The number of aryl methyl sites for hydroxylation is 1. The van der Waals surface area contributed by atoms with E-state index in [0.717, 1.165) is 24.0 Å². The molecular weight excluding hydrogens is 348 g/mol. The van der Waals surface area contributed by atoms with E-state index in [2.05, 4.69) is 0 Å². The van der Waals surface area contributed by atoms with E-state index in [0.29, 0.717) is 17.6 Å². The van der Waals surface area contributed by atoms with Crippen LogP contribution in [-0.2, 0) is 16.0 Å². The molecule has 27 heavy (non-hydrogen) atoms. The van der Waals surface area contributed by atoms with E-state index in [1.54, 1.807) is 31.2 Å². The van der Waals surface area contributed by atoms with Gasteiger partial charge in [-0.3, -0.25) is 9.59 Å². The van der Waals surface area contributed by atoms with Crippen molar-refractivity contribution in [2.45, 2.75) is 32.0 Å². The van der Waals surface area contributed by atoms with Crippen molar-refractivity contribution < 1.29 is 29.3 Å². The molecule has 0 fully saturated rings. The molecule has 6 nitrogen and oxygen atoms in total. The number of rotatable bonds is 5. The Kier molecular flexibility index (Phi) is 5.46. The molecule has 2 aromatic rings. The van der Waals surface area contributed by atoms with Crippen LogP contribution in [0.4, 0.5) is 0 Å². The Morgan fingerprint density at radius 3 is 2.78 bits per heavy atom. The lowest BCUT2D eigenvalue weighted by Crippen LogP contribution is -2.21. The Bertz CT molecular complexity index is 860. The van der Waals surface area contributed by atoms with Crippen LogP contribution in [0.15, 0.2) is 36.4 Å². The van der Waals surface area contributed by atoms with Crippen LogP contribution in [0.1, 0.15) is 52.6 Å². The number of carbonyl (C=O) groups excluding carboxylic acids is 2. The summed E-state index contributed by atoms with van der Waals surface area (Å²) in [6.07, 6.45) is 0.860. The van der Waals surface area contributed by atoms with E-state index in [-0.39, 0.29) is 17.4 Å². The number of fused-ring (bicyclic) bond motifs is 1. The number of hydrogen-bond donors (Lipinski definition) is 2. The van der Waals surface area contributed by atoms with Crippen molar-refractivity contribution in [3.63, 3.8) is 0 Å². The summed E-state index contributed by atoms with van der Waals surface area (Å²) in [7, 11) is 1.29. The predicted octanol–water partition coefficient (Wildman–Crippen LogP) is 3.11. The van der Waals surface area contributed by atoms with Gasteiger partial charge >= 0.3 is 5.97 Å². The van der Waals surface area contributed by atoms with Gasteiger partial charge in [-0.15, -0.1) is 0 Å². The molecule has 1 heterocycles. The largest absolute Gasteiger partial charge is 0.507 e. The highest BCUT2D eigenvalue weighted by Gasteiger charge is 2.27. The number of aromatic hydroxyl groups is 1. The van der Waals surface area contributed by atoms with Gasteiger partial charge in [-0.25, -0.2) is 0 Å². The highest BCUT2D eigenvalue weighted by atomic mass is 16.5. The normalized spacial score (nSPS) is 18.0. The molecule has 2 aromatic carbocycles. The third-order valence-electron chi connectivity index (χ3n) is 4.97. The van der Waals surface area contributed by atoms with Crippen molar-refractivity contribution >= 4 is 12.3 Å². The highest BCUT2D eigenvalue weighted by molar-refractivity contribution is 5.79. The SMILES string of the molecule is COC(=O)[C@@H](C)[C@@H](O)c1ccc2c(c1)O[C@@H](c1ccc(O)c(C=O)c1)CC2. The fraction of sp³-hybridized carbons (Fsp3) is 0.333. The van der Waals surface area contributed by atoms with E-state index >= 15 is 0 Å². The molecule has 0 unspecified atom stereocenters. The van der Waals surface area contributed by atoms with Crippen LogP contribution >= 0.6 is 0 Å². The highest BCUT2D eigenvalue weighted by Crippen LogP contribution is 2.38. The van der Waals surface area contributed by atoms with E-state index in [4.69, 9.17) is 9.47 Å². The Balaban J connectivity index is 1.84. The first-order valence-electron chi connectivity index (χ1n) is 8.78. The molecule has 6 heteroatoms. The molecule has 3 rings (SSSR count). The van der Waals surface area contributed by atoms with E-state index in [1.807, 2.05) is 6.07 Å². The quantitative estimate of drug-likeness (QED) is 0.620. The molecule has 0 aromatic heterocycles. The average molecular weight is 370 g/mol. The van der Waals surface area contributed by atoms with Gasteiger partial charge in [-0.1, -0.05) is 18.2 Å². The minimum absolute atomic E-state index is 0.0628. The van der Waals surface area contributed by atoms with Crippen molar-refractivity contribution in [1.29, 1.82) is 0 Å².